The summed E-state index contributed by atoms with van der Waals surface area (Å²) in [7, 11) is 1.64. The first-order valence-corrected chi connectivity index (χ1v) is 10.4. The lowest BCUT2D eigenvalue weighted by atomic mass is 10.0. The van der Waals surface area contributed by atoms with Crippen LogP contribution in [0.25, 0.3) is 5.69 Å². The van der Waals surface area contributed by atoms with Crippen molar-refractivity contribution in [2.45, 2.75) is 25.5 Å². The number of thioether (sulfide) groups is 1. The minimum Gasteiger partial charge on any atom is -0.497 e. The number of ether oxygens (including phenoxy) is 1. The van der Waals surface area contributed by atoms with E-state index < -0.39 is 0 Å². The van der Waals surface area contributed by atoms with Gasteiger partial charge >= 0.3 is 0 Å². The third-order valence-electron chi connectivity index (χ3n) is 5.02. The molecule has 1 unspecified atom stereocenters. The number of carbonyl (C=O) groups excluding carboxylic acids is 1. The molecule has 2 heterocycles. The molecule has 3 aromatic rings. The SMILES string of the molecule is CCc1ccc(C2SCC(=O)Nc3c2c(C)nn3-c2ccc(OC)cc2)cc1. The lowest BCUT2D eigenvalue weighted by Crippen LogP contribution is -2.15. The predicted octanol–water partition coefficient (Wildman–Crippen LogP) is 4.53. The summed E-state index contributed by atoms with van der Waals surface area (Å²) in [5, 5.41) is 7.88. The smallest absolute Gasteiger partial charge is 0.235 e. The van der Waals surface area contributed by atoms with E-state index in [1.807, 2.05) is 35.9 Å². The first-order chi connectivity index (χ1) is 13.6. The highest BCUT2D eigenvalue weighted by Crippen LogP contribution is 2.43. The van der Waals surface area contributed by atoms with Crippen molar-refractivity contribution in [3.8, 4) is 11.4 Å². The normalized spacial score (nSPS) is 16.2. The Balaban J connectivity index is 1.82. The van der Waals surface area contributed by atoms with E-state index in [4.69, 9.17) is 9.84 Å². The number of nitrogens with one attached hydrogen (secondary N) is 1. The van der Waals surface area contributed by atoms with Crippen molar-refractivity contribution in [2.75, 3.05) is 18.2 Å². The van der Waals surface area contributed by atoms with Crippen LogP contribution in [0.1, 0.15) is 34.6 Å². The Kier molecular flexibility index (Phi) is 5.13. The molecular weight excluding hydrogens is 370 g/mol. The molecule has 4 rings (SSSR count). The van der Waals surface area contributed by atoms with Crippen molar-refractivity contribution in [1.29, 1.82) is 0 Å². The molecule has 1 aromatic heterocycles. The molecule has 0 bridgehead atoms. The van der Waals surface area contributed by atoms with Gasteiger partial charge in [0.2, 0.25) is 5.91 Å². The standard InChI is InChI=1S/C22H23N3O2S/c1-4-15-5-7-16(8-6-15)21-20-14(2)24-25(22(20)23-19(26)13-28-21)17-9-11-18(27-3)12-10-17/h5-12,21H,4,13H2,1-3H3,(H,23,26). The van der Waals surface area contributed by atoms with Gasteiger partial charge in [-0.25, -0.2) is 4.68 Å². The summed E-state index contributed by atoms with van der Waals surface area (Å²) >= 11 is 1.64. The van der Waals surface area contributed by atoms with Crippen LogP contribution in [0.3, 0.4) is 0 Å². The molecule has 1 aliphatic rings. The van der Waals surface area contributed by atoms with Gasteiger partial charge in [-0.1, -0.05) is 31.2 Å². The lowest BCUT2D eigenvalue weighted by molar-refractivity contribution is -0.113. The molecule has 6 heteroatoms. The Morgan fingerprint density at radius 2 is 1.89 bits per heavy atom. The number of aromatic nitrogens is 2. The Bertz CT molecular complexity index is 994. The van der Waals surface area contributed by atoms with Crippen LogP contribution in [0.15, 0.2) is 48.5 Å². The Morgan fingerprint density at radius 3 is 2.54 bits per heavy atom. The molecule has 1 aliphatic heterocycles. The fourth-order valence-corrected chi connectivity index (χ4v) is 4.67. The van der Waals surface area contributed by atoms with E-state index in [1.54, 1.807) is 18.9 Å². The summed E-state index contributed by atoms with van der Waals surface area (Å²) in [5.41, 5.74) is 5.37. The number of hydrogen-bond acceptors (Lipinski definition) is 4. The topological polar surface area (TPSA) is 56.2 Å². The van der Waals surface area contributed by atoms with Gasteiger partial charge in [0.05, 0.1) is 29.5 Å². The average molecular weight is 394 g/mol. The summed E-state index contributed by atoms with van der Waals surface area (Å²) in [6.45, 7) is 4.16. The number of hydrogen-bond donors (Lipinski definition) is 1. The van der Waals surface area contributed by atoms with E-state index in [0.29, 0.717) is 5.75 Å². The maximum absolute atomic E-state index is 12.4. The summed E-state index contributed by atoms with van der Waals surface area (Å²) in [4.78, 5) is 12.4. The van der Waals surface area contributed by atoms with Gasteiger partial charge in [0.25, 0.3) is 0 Å². The Labute approximate surface area is 169 Å². The van der Waals surface area contributed by atoms with Gasteiger partial charge in [-0.05, 0) is 48.7 Å². The average Bonchev–Trinajstić information content (AvgIpc) is 2.93. The van der Waals surface area contributed by atoms with Gasteiger partial charge in [-0.15, -0.1) is 11.8 Å². The first-order valence-electron chi connectivity index (χ1n) is 9.35. The van der Waals surface area contributed by atoms with Crippen LogP contribution < -0.4 is 10.1 Å². The highest BCUT2D eigenvalue weighted by atomic mass is 32.2. The minimum atomic E-state index is -0.00594. The quantitative estimate of drug-likeness (QED) is 0.708. The number of methoxy groups -OCH3 is 1. The molecule has 28 heavy (non-hydrogen) atoms. The van der Waals surface area contributed by atoms with Crippen LogP contribution in [0, 0.1) is 6.92 Å². The van der Waals surface area contributed by atoms with E-state index in [-0.39, 0.29) is 11.2 Å². The van der Waals surface area contributed by atoms with Crippen molar-refractivity contribution in [3.05, 3.63) is 70.9 Å². The van der Waals surface area contributed by atoms with Gasteiger partial charge in [0.1, 0.15) is 11.6 Å². The van der Waals surface area contributed by atoms with Crippen molar-refractivity contribution >= 4 is 23.5 Å². The molecule has 1 amide bonds. The van der Waals surface area contributed by atoms with E-state index >= 15 is 0 Å². The molecule has 1 N–H and O–H groups in total. The van der Waals surface area contributed by atoms with Crippen molar-refractivity contribution in [2.24, 2.45) is 0 Å². The summed E-state index contributed by atoms with van der Waals surface area (Å²) in [6, 6.07) is 16.3. The molecule has 0 aliphatic carbocycles. The maximum Gasteiger partial charge on any atom is 0.235 e. The fourth-order valence-electron chi connectivity index (χ4n) is 3.49. The zero-order chi connectivity index (χ0) is 19.7. The van der Waals surface area contributed by atoms with Gasteiger partial charge in [0.15, 0.2) is 0 Å². The fraction of sp³-hybridized carbons (Fsp3) is 0.273. The van der Waals surface area contributed by atoms with Gasteiger partial charge in [0, 0.05) is 5.56 Å². The molecule has 0 spiro atoms. The molecule has 2 aromatic carbocycles. The zero-order valence-corrected chi connectivity index (χ0v) is 17.0. The number of rotatable bonds is 4. The number of aryl methyl sites for hydroxylation is 2. The van der Waals surface area contributed by atoms with Gasteiger partial charge in [-0.2, -0.15) is 5.10 Å². The van der Waals surface area contributed by atoms with E-state index in [9.17, 15) is 4.79 Å². The number of nitrogens with zero attached hydrogens (tertiary/aromatic N) is 2. The van der Waals surface area contributed by atoms with E-state index in [0.717, 1.165) is 34.9 Å². The maximum atomic E-state index is 12.4. The predicted molar refractivity (Wildman–Crippen MR) is 114 cm³/mol. The Morgan fingerprint density at radius 1 is 1.18 bits per heavy atom. The molecule has 0 fully saturated rings. The molecule has 0 saturated carbocycles. The molecule has 0 saturated heterocycles. The zero-order valence-electron chi connectivity index (χ0n) is 16.2. The second kappa shape index (κ2) is 7.72. The van der Waals surface area contributed by atoms with Crippen molar-refractivity contribution in [3.63, 3.8) is 0 Å². The Hall–Kier alpha value is -2.73. The summed E-state index contributed by atoms with van der Waals surface area (Å²) in [5.74, 6) is 1.94. The van der Waals surface area contributed by atoms with Crippen molar-refractivity contribution < 1.29 is 9.53 Å². The molecular formula is C22H23N3O2S. The summed E-state index contributed by atoms with van der Waals surface area (Å²) < 4.78 is 7.07. The lowest BCUT2D eigenvalue weighted by Gasteiger charge is -2.16. The third-order valence-corrected chi connectivity index (χ3v) is 6.29. The van der Waals surface area contributed by atoms with Crippen LogP contribution in [-0.2, 0) is 11.2 Å². The number of benzene rings is 2. The van der Waals surface area contributed by atoms with Crippen LogP contribution >= 0.6 is 11.8 Å². The van der Waals surface area contributed by atoms with Crippen molar-refractivity contribution in [1.82, 2.24) is 9.78 Å². The molecule has 5 nitrogen and oxygen atoms in total. The second-order valence-corrected chi connectivity index (χ2v) is 7.89. The molecule has 0 radical (unpaired) electrons. The first kappa shape index (κ1) is 18.6. The summed E-state index contributed by atoms with van der Waals surface area (Å²) in [6.07, 6.45) is 1.01. The number of amides is 1. The monoisotopic (exact) mass is 393 g/mol. The third kappa shape index (κ3) is 3.40. The van der Waals surface area contributed by atoms with Crippen LogP contribution in [0.2, 0.25) is 0 Å². The number of fused-ring (bicyclic) bond motifs is 1. The minimum absolute atomic E-state index is 0.00594. The molecule has 144 valence electrons. The van der Waals surface area contributed by atoms with E-state index in [2.05, 4.69) is 36.5 Å². The van der Waals surface area contributed by atoms with Crippen LogP contribution in [0.4, 0.5) is 5.82 Å². The second-order valence-electron chi connectivity index (χ2n) is 6.79. The largest absolute Gasteiger partial charge is 0.497 e. The van der Waals surface area contributed by atoms with Crippen LogP contribution in [-0.4, -0.2) is 28.6 Å². The number of carbonyl (C=O) groups is 1. The van der Waals surface area contributed by atoms with Gasteiger partial charge in [-0.3, -0.25) is 4.79 Å². The number of anilines is 1. The van der Waals surface area contributed by atoms with Crippen LogP contribution in [0.5, 0.6) is 5.75 Å². The van der Waals surface area contributed by atoms with E-state index in [1.165, 1.54) is 11.1 Å². The van der Waals surface area contributed by atoms with Gasteiger partial charge < -0.3 is 10.1 Å². The molecule has 1 atom stereocenters. The highest BCUT2D eigenvalue weighted by molar-refractivity contribution is 8.00. The highest BCUT2D eigenvalue weighted by Gasteiger charge is 2.30.